The van der Waals surface area contributed by atoms with Crippen LogP contribution in [-0.2, 0) is 11.8 Å². The SMILES string of the molecule is COc1cc(NC(=O)C(C)Sc2nc3scc(-c4cccs4)c3c(=O)n2C)cc(OC)c1. The highest BCUT2D eigenvalue weighted by atomic mass is 32.2. The molecule has 0 aliphatic carbocycles. The van der Waals surface area contributed by atoms with Gasteiger partial charge in [-0.3, -0.25) is 14.2 Å². The summed E-state index contributed by atoms with van der Waals surface area (Å²) >= 11 is 4.27. The summed E-state index contributed by atoms with van der Waals surface area (Å²) in [6.07, 6.45) is 0. The molecule has 1 atom stereocenters. The molecule has 0 aliphatic heterocycles. The minimum atomic E-state index is -0.487. The summed E-state index contributed by atoms with van der Waals surface area (Å²) in [7, 11) is 4.79. The van der Waals surface area contributed by atoms with Crippen molar-refractivity contribution in [2.24, 2.45) is 7.05 Å². The van der Waals surface area contributed by atoms with E-state index in [1.807, 2.05) is 22.9 Å². The highest BCUT2D eigenvalue weighted by molar-refractivity contribution is 8.00. The van der Waals surface area contributed by atoms with Gasteiger partial charge in [-0.2, -0.15) is 0 Å². The molecular formula is C22H21N3O4S3. The number of hydrogen-bond donors (Lipinski definition) is 1. The monoisotopic (exact) mass is 487 g/mol. The number of carbonyl (C=O) groups is 1. The highest BCUT2D eigenvalue weighted by Gasteiger charge is 2.21. The summed E-state index contributed by atoms with van der Waals surface area (Å²) < 4.78 is 12.0. The normalized spacial score (nSPS) is 12.0. The Bertz CT molecular complexity index is 1310. The molecule has 0 bridgehead atoms. The van der Waals surface area contributed by atoms with Gasteiger partial charge in [-0.25, -0.2) is 4.98 Å². The Morgan fingerprint density at radius 2 is 1.91 bits per heavy atom. The lowest BCUT2D eigenvalue weighted by atomic mass is 10.2. The smallest absolute Gasteiger partial charge is 0.263 e. The average Bonchev–Trinajstić information content (AvgIpc) is 3.46. The minimum Gasteiger partial charge on any atom is -0.497 e. The summed E-state index contributed by atoms with van der Waals surface area (Å²) in [5.74, 6) is 0.938. The molecule has 0 saturated heterocycles. The number of aromatic nitrogens is 2. The maximum Gasteiger partial charge on any atom is 0.263 e. The number of nitrogens with one attached hydrogen (secondary N) is 1. The van der Waals surface area contributed by atoms with Crippen molar-refractivity contribution in [3.8, 4) is 21.9 Å². The fourth-order valence-corrected chi connectivity index (χ4v) is 5.78. The number of rotatable bonds is 7. The van der Waals surface area contributed by atoms with Crippen molar-refractivity contribution in [2.75, 3.05) is 19.5 Å². The number of methoxy groups -OCH3 is 2. The largest absolute Gasteiger partial charge is 0.497 e. The number of anilines is 1. The number of carbonyl (C=O) groups excluding carboxylic acids is 1. The van der Waals surface area contributed by atoms with Crippen LogP contribution in [-0.4, -0.2) is 34.9 Å². The predicted molar refractivity (Wildman–Crippen MR) is 132 cm³/mol. The van der Waals surface area contributed by atoms with Gasteiger partial charge in [-0.05, 0) is 18.4 Å². The third kappa shape index (κ3) is 4.38. The second-order valence-electron chi connectivity index (χ2n) is 6.92. The lowest BCUT2D eigenvalue weighted by Gasteiger charge is -2.15. The minimum absolute atomic E-state index is 0.118. The molecular weight excluding hydrogens is 466 g/mol. The molecule has 0 saturated carbocycles. The van der Waals surface area contributed by atoms with Crippen LogP contribution in [0.4, 0.5) is 5.69 Å². The van der Waals surface area contributed by atoms with Crippen LogP contribution in [0.2, 0.25) is 0 Å². The van der Waals surface area contributed by atoms with Crippen LogP contribution in [0.15, 0.2) is 51.0 Å². The number of nitrogens with zero attached hydrogens (tertiary/aromatic N) is 2. The topological polar surface area (TPSA) is 82.5 Å². The van der Waals surface area contributed by atoms with Crippen molar-refractivity contribution in [2.45, 2.75) is 17.3 Å². The maximum atomic E-state index is 13.1. The van der Waals surface area contributed by atoms with Gasteiger partial charge in [-0.15, -0.1) is 22.7 Å². The molecule has 1 N–H and O–H groups in total. The Labute approximate surface area is 197 Å². The van der Waals surface area contributed by atoms with E-state index in [2.05, 4.69) is 10.3 Å². The lowest BCUT2D eigenvalue weighted by molar-refractivity contribution is -0.115. The highest BCUT2D eigenvalue weighted by Crippen LogP contribution is 2.35. The van der Waals surface area contributed by atoms with E-state index in [1.165, 1.54) is 27.7 Å². The van der Waals surface area contributed by atoms with E-state index in [1.54, 1.807) is 57.7 Å². The van der Waals surface area contributed by atoms with Gasteiger partial charge < -0.3 is 14.8 Å². The van der Waals surface area contributed by atoms with Gasteiger partial charge in [0.1, 0.15) is 16.3 Å². The quantitative estimate of drug-likeness (QED) is 0.296. The summed E-state index contributed by atoms with van der Waals surface area (Å²) in [5.41, 5.74) is 1.35. The van der Waals surface area contributed by atoms with Crippen molar-refractivity contribution in [1.29, 1.82) is 0 Å². The number of amides is 1. The van der Waals surface area contributed by atoms with E-state index in [0.29, 0.717) is 32.6 Å². The Morgan fingerprint density at radius 1 is 1.19 bits per heavy atom. The van der Waals surface area contributed by atoms with Crippen molar-refractivity contribution in [3.63, 3.8) is 0 Å². The molecule has 32 heavy (non-hydrogen) atoms. The van der Waals surface area contributed by atoms with Gasteiger partial charge in [0.05, 0.1) is 24.9 Å². The lowest BCUT2D eigenvalue weighted by Crippen LogP contribution is -2.25. The number of hydrogen-bond acceptors (Lipinski definition) is 8. The van der Waals surface area contributed by atoms with Crippen molar-refractivity contribution < 1.29 is 14.3 Å². The van der Waals surface area contributed by atoms with Crippen LogP contribution in [0.5, 0.6) is 11.5 Å². The third-order valence-corrected chi connectivity index (χ3v) is 7.75. The number of fused-ring (bicyclic) bond motifs is 1. The van der Waals surface area contributed by atoms with Gasteiger partial charge in [0.15, 0.2) is 5.16 Å². The fourth-order valence-electron chi connectivity index (χ4n) is 3.11. The Hall–Kier alpha value is -2.82. The number of thiophene rings is 2. The standard InChI is InChI=1S/C22H21N3O4S3/c1-12(19(26)23-13-8-14(28-3)10-15(9-13)29-4)32-22-24-20-18(21(27)25(22)2)16(11-31-20)17-6-5-7-30-17/h5-12H,1-4H3,(H,23,26). The van der Waals surface area contributed by atoms with E-state index >= 15 is 0 Å². The first-order valence-corrected chi connectivity index (χ1v) is 12.3. The van der Waals surface area contributed by atoms with Crippen LogP contribution in [0.25, 0.3) is 20.7 Å². The van der Waals surface area contributed by atoms with E-state index in [-0.39, 0.29) is 11.5 Å². The second-order valence-corrected chi connectivity index (χ2v) is 10.0. The maximum absolute atomic E-state index is 13.1. The number of benzene rings is 1. The van der Waals surface area contributed by atoms with E-state index < -0.39 is 5.25 Å². The zero-order valence-electron chi connectivity index (χ0n) is 17.9. The molecule has 0 radical (unpaired) electrons. The molecule has 0 aliphatic rings. The van der Waals surface area contributed by atoms with Crippen molar-refractivity contribution in [1.82, 2.24) is 9.55 Å². The summed E-state index contributed by atoms with van der Waals surface area (Å²) in [6.45, 7) is 1.78. The van der Waals surface area contributed by atoms with Crippen molar-refractivity contribution in [3.05, 3.63) is 51.4 Å². The van der Waals surface area contributed by atoms with Crippen LogP contribution >= 0.6 is 34.4 Å². The molecule has 166 valence electrons. The molecule has 1 unspecified atom stereocenters. The Morgan fingerprint density at radius 3 is 2.53 bits per heavy atom. The number of thioether (sulfide) groups is 1. The molecule has 0 fully saturated rings. The molecule has 3 heterocycles. The second kappa shape index (κ2) is 9.35. The van der Waals surface area contributed by atoms with E-state index in [0.717, 1.165) is 10.4 Å². The zero-order chi connectivity index (χ0) is 22.8. The molecule has 1 aromatic carbocycles. The van der Waals surface area contributed by atoms with Gasteiger partial charge >= 0.3 is 0 Å². The van der Waals surface area contributed by atoms with Gasteiger partial charge in [0.2, 0.25) is 5.91 Å². The van der Waals surface area contributed by atoms with Gasteiger partial charge in [0, 0.05) is 46.8 Å². The van der Waals surface area contributed by atoms with Crippen molar-refractivity contribution >= 4 is 56.2 Å². The first kappa shape index (κ1) is 22.4. The summed E-state index contributed by atoms with van der Waals surface area (Å²) in [5, 5.41) is 7.45. The van der Waals surface area contributed by atoms with E-state index in [9.17, 15) is 9.59 Å². The zero-order valence-corrected chi connectivity index (χ0v) is 20.3. The fraction of sp³-hybridized carbons (Fsp3) is 0.227. The summed E-state index contributed by atoms with van der Waals surface area (Å²) in [6, 6.07) is 9.12. The van der Waals surface area contributed by atoms with Crippen LogP contribution in [0, 0.1) is 0 Å². The van der Waals surface area contributed by atoms with Crippen LogP contribution in [0.1, 0.15) is 6.92 Å². The first-order valence-electron chi connectivity index (χ1n) is 9.64. The Balaban J connectivity index is 1.57. The Kier molecular flexibility index (Phi) is 6.54. The first-order chi connectivity index (χ1) is 15.4. The third-order valence-electron chi connectivity index (χ3n) is 4.83. The predicted octanol–water partition coefficient (Wildman–Crippen LogP) is 4.86. The van der Waals surface area contributed by atoms with Crippen LogP contribution < -0.4 is 20.3 Å². The molecule has 4 aromatic rings. The van der Waals surface area contributed by atoms with E-state index in [4.69, 9.17) is 9.47 Å². The molecule has 7 nitrogen and oxygen atoms in total. The molecule has 4 rings (SSSR count). The number of ether oxygens (including phenoxy) is 2. The van der Waals surface area contributed by atoms with Gasteiger partial charge in [0.25, 0.3) is 5.56 Å². The molecule has 0 spiro atoms. The molecule has 10 heteroatoms. The molecule has 1 amide bonds. The van der Waals surface area contributed by atoms with Crippen LogP contribution in [0.3, 0.4) is 0 Å². The average molecular weight is 488 g/mol. The van der Waals surface area contributed by atoms with Gasteiger partial charge in [-0.1, -0.05) is 17.8 Å². The molecule has 3 aromatic heterocycles. The summed E-state index contributed by atoms with van der Waals surface area (Å²) in [4.78, 5) is 32.3.